The van der Waals surface area contributed by atoms with Crippen LogP contribution in [0.3, 0.4) is 0 Å². The summed E-state index contributed by atoms with van der Waals surface area (Å²) in [6.07, 6.45) is 3.51. The summed E-state index contributed by atoms with van der Waals surface area (Å²) < 4.78 is 16.2. The highest BCUT2D eigenvalue weighted by atomic mass is 16.5. The first-order valence-corrected chi connectivity index (χ1v) is 19.8. The lowest BCUT2D eigenvalue weighted by atomic mass is 9.90. The molecule has 5 heterocycles. The zero-order valence-electron chi connectivity index (χ0n) is 32.9. The van der Waals surface area contributed by atoms with E-state index in [0.29, 0.717) is 68.8 Å². The Morgan fingerprint density at radius 1 is 0.828 bits per heavy atom. The van der Waals surface area contributed by atoms with Gasteiger partial charge in [-0.05, 0) is 103 Å². The Bertz CT molecular complexity index is 2500. The van der Waals surface area contributed by atoms with E-state index in [2.05, 4.69) is 35.1 Å². The maximum Gasteiger partial charge on any atom is 0.328 e. The minimum atomic E-state index is -0.631. The van der Waals surface area contributed by atoms with Crippen molar-refractivity contribution in [1.82, 2.24) is 19.4 Å². The summed E-state index contributed by atoms with van der Waals surface area (Å²) in [5.41, 5.74) is 14.7. The number of carbonyl (C=O) groups excluding carboxylic acids is 4. The number of nitrogens with one attached hydrogen (secondary N) is 2. The molecule has 3 aliphatic heterocycles. The number of anilines is 4. The van der Waals surface area contributed by atoms with Gasteiger partial charge in [-0.2, -0.15) is 0 Å². The van der Waals surface area contributed by atoms with Crippen molar-refractivity contribution in [3.63, 3.8) is 0 Å². The fourth-order valence-electron chi connectivity index (χ4n) is 8.79. The number of urea groups is 1. The summed E-state index contributed by atoms with van der Waals surface area (Å²) in [5.74, 6) is 1.63. The number of amides is 5. The average Bonchev–Trinajstić information content (AvgIpc) is 3.78. The Kier molecular flexibility index (Phi) is 9.21. The van der Waals surface area contributed by atoms with Gasteiger partial charge in [0, 0.05) is 67.3 Å². The zero-order valence-corrected chi connectivity index (χ0v) is 32.9. The molecule has 0 spiro atoms. The number of carbonyl (C=O) groups is 4. The van der Waals surface area contributed by atoms with Crippen LogP contribution in [-0.2, 0) is 37.1 Å². The molecule has 0 saturated carbocycles. The highest BCUT2D eigenvalue weighted by Crippen LogP contribution is 2.41. The zero-order chi connectivity index (χ0) is 40.3. The number of aromatic nitrogens is 3. The van der Waals surface area contributed by atoms with Gasteiger partial charge in [-0.25, -0.2) is 9.78 Å². The Labute approximate surface area is 335 Å². The van der Waals surface area contributed by atoms with E-state index in [-0.39, 0.29) is 29.3 Å². The maximum absolute atomic E-state index is 14.0. The Balaban J connectivity index is 0.863. The Morgan fingerprint density at radius 3 is 2.38 bits per heavy atom. The smallest absolute Gasteiger partial charge is 0.328 e. The number of fused-ring (bicyclic) bond motifs is 5. The van der Waals surface area contributed by atoms with E-state index in [1.165, 1.54) is 16.2 Å². The molecule has 1 saturated heterocycles. The van der Waals surface area contributed by atoms with Crippen molar-refractivity contribution in [3.8, 4) is 22.9 Å². The van der Waals surface area contributed by atoms with E-state index in [0.717, 1.165) is 58.9 Å². The van der Waals surface area contributed by atoms with E-state index in [1.807, 2.05) is 52.8 Å². The maximum atomic E-state index is 14.0. The van der Waals surface area contributed by atoms with Crippen molar-refractivity contribution in [2.24, 2.45) is 11.1 Å². The summed E-state index contributed by atoms with van der Waals surface area (Å²) in [6.45, 7) is 9.62. The number of hydrogen-bond donors (Lipinski definition) is 3. The Morgan fingerprint density at radius 2 is 1.60 bits per heavy atom. The third-order valence-electron chi connectivity index (χ3n) is 11.6. The number of aryl methyl sites for hydroxylation is 1. The third-order valence-corrected chi connectivity index (χ3v) is 11.6. The van der Waals surface area contributed by atoms with Crippen LogP contribution in [0, 0.1) is 12.3 Å². The van der Waals surface area contributed by atoms with E-state index in [9.17, 15) is 19.2 Å². The highest BCUT2D eigenvalue weighted by Gasteiger charge is 2.37. The first kappa shape index (κ1) is 37.0. The normalized spacial score (nSPS) is 16.8. The van der Waals surface area contributed by atoms with Crippen molar-refractivity contribution in [1.29, 1.82) is 0 Å². The van der Waals surface area contributed by atoms with Gasteiger partial charge in [-0.15, -0.1) is 0 Å². The van der Waals surface area contributed by atoms with Gasteiger partial charge in [-0.1, -0.05) is 26.0 Å². The molecular formula is C44H46N8O6. The van der Waals surface area contributed by atoms with Crippen LogP contribution in [0.2, 0.25) is 0 Å². The van der Waals surface area contributed by atoms with E-state index >= 15 is 0 Å². The first-order chi connectivity index (χ1) is 27.9. The predicted octanol–water partition coefficient (Wildman–Crippen LogP) is 6.14. The molecule has 2 aromatic heterocycles. The van der Waals surface area contributed by atoms with E-state index in [1.54, 1.807) is 24.3 Å². The SMILES string of the molecule is Cc1c(-c2nc(C(N)=O)c3n2CCc2cc(OCCCOc4ccc(N5CCC(=O)NC5=O)cc4)ccc2N3)cccc1N1CCn2c(cc3c2CC(C)(C)C3)C1=O. The molecule has 9 rings (SSSR count). The van der Waals surface area contributed by atoms with Crippen LogP contribution in [0.25, 0.3) is 11.4 Å². The number of ether oxygens (including phenoxy) is 2. The van der Waals surface area contributed by atoms with E-state index < -0.39 is 11.9 Å². The quantitative estimate of drug-likeness (QED) is 0.142. The summed E-state index contributed by atoms with van der Waals surface area (Å²) in [5, 5.41) is 5.78. The third kappa shape index (κ3) is 6.71. The van der Waals surface area contributed by atoms with Crippen LogP contribution in [0.4, 0.5) is 27.7 Å². The number of benzene rings is 3. The minimum Gasteiger partial charge on any atom is -0.493 e. The summed E-state index contributed by atoms with van der Waals surface area (Å²) in [4.78, 5) is 58.6. The second kappa shape index (κ2) is 14.4. The fraction of sp³-hybridized carbons (Fsp3) is 0.341. The molecule has 0 atom stereocenters. The molecule has 0 bridgehead atoms. The van der Waals surface area contributed by atoms with Gasteiger partial charge in [0.1, 0.15) is 28.8 Å². The number of rotatable bonds is 10. The van der Waals surface area contributed by atoms with Gasteiger partial charge in [0.15, 0.2) is 5.69 Å². The van der Waals surface area contributed by atoms with Crippen LogP contribution < -0.4 is 35.6 Å². The van der Waals surface area contributed by atoms with Crippen LogP contribution in [0.5, 0.6) is 11.5 Å². The van der Waals surface area contributed by atoms with E-state index in [4.69, 9.17) is 20.2 Å². The molecule has 298 valence electrons. The lowest BCUT2D eigenvalue weighted by Crippen LogP contribution is -2.49. The lowest BCUT2D eigenvalue weighted by molar-refractivity contribution is -0.120. The van der Waals surface area contributed by atoms with Gasteiger partial charge in [0.05, 0.1) is 13.2 Å². The van der Waals surface area contributed by atoms with Crippen LogP contribution >= 0.6 is 0 Å². The summed E-state index contributed by atoms with van der Waals surface area (Å²) >= 11 is 0. The molecule has 5 amide bonds. The predicted molar refractivity (Wildman–Crippen MR) is 219 cm³/mol. The van der Waals surface area contributed by atoms with Crippen LogP contribution in [0.15, 0.2) is 66.7 Å². The number of imide groups is 1. The topological polar surface area (TPSA) is 166 Å². The molecule has 5 aromatic rings. The molecule has 0 unspecified atom stereocenters. The van der Waals surface area contributed by atoms with Crippen LogP contribution in [0.1, 0.15) is 70.1 Å². The monoisotopic (exact) mass is 782 g/mol. The number of nitrogens with two attached hydrogens (primary N) is 1. The van der Waals surface area contributed by atoms with Crippen molar-refractivity contribution < 1.29 is 28.7 Å². The standard InChI is InChI=1S/C44H46N8O6/c1-26-32(6-4-7-34(26)51-19-18-50-35(42(51)55)23-28-24-44(2,3)25-36(28)50)40-48-38(39(45)54)41-46-33-13-12-31(22-27(33)14-16-52(40)41)58-21-5-20-57-30-10-8-29(9-11-30)49-17-15-37(53)47-43(49)56/h4,6-13,22-23,46H,5,14-21,24-25H2,1-3H3,(H2,45,54)(H,47,53,56). The molecule has 4 aliphatic rings. The van der Waals surface area contributed by atoms with Crippen molar-refractivity contribution in [2.75, 3.05) is 41.4 Å². The molecule has 3 aromatic carbocycles. The second-order valence-electron chi connectivity index (χ2n) is 16.2. The van der Waals surface area contributed by atoms with Crippen molar-refractivity contribution >= 4 is 46.6 Å². The summed E-state index contributed by atoms with van der Waals surface area (Å²) in [6, 6.07) is 20.6. The number of nitrogens with zero attached hydrogens (tertiary/aromatic N) is 5. The average molecular weight is 783 g/mol. The molecule has 58 heavy (non-hydrogen) atoms. The first-order valence-electron chi connectivity index (χ1n) is 19.8. The lowest BCUT2D eigenvalue weighted by Gasteiger charge is -2.31. The molecule has 0 radical (unpaired) electrons. The number of imidazole rings is 1. The minimum absolute atomic E-state index is 0.00187. The Hall–Kier alpha value is -6.57. The number of hydrogen-bond acceptors (Lipinski definition) is 8. The van der Waals surface area contributed by atoms with Crippen LogP contribution in [-0.4, -0.2) is 64.2 Å². The molecular weight excluding hydrogens is 737 g/mol. The number of primary amides is 1. The fourth-order valence-corrected chi connectivity index (χ4v) is 8.79. The molecule has 1 fully saturated rings. The van der Waals surface area contributed by atoms with Crippen molar-refractivity contribution in [3.05, 3.63) is 101 Å². The second-order valence-corrected chi connectivity index (χ2v) is 16.2. The highest BCUT2D eigenvalue weighted by molar-refractivity contribution is 6.07. The molecule has 4 N–H and O–H groups in total. The summed E-state index contributed by atoms with van der Waals surface area (Å²) in [7, 11) is 0. The molecule has 14 heteroatoms. The van der Waals surface area contributed by atoms with Gasteiger partial charge in [-0.3, -0.25) is 24.6 Å². The molecule has 14 nitrogen and oxygen atoms in total. The van der Waals surface area contributed by atoms with Gasteiger partial charge < -0.3 is 34.6 Å². The van der Waals surface area contributed by atoms with Crippen molar-refractivity contribution in [2.45, 2.75) is 66.0 Å². The largest absolute Gasteiger partial charge is 0.493 e. The molecule has 1 aliphatic carbocycles. The van der Waals surface area contributed by atoms with Gasteiger partial charge >= 0.3 is 6.03 Å². The van der Waals surface area contributed by atoms with Gasteiger partial charge in [0.25, 0.3) is 11.8 Å². The van der Waals surface area contributed by atoms with Gasteiger partial charge in [0.2, 0.25) is 5.91 Å².